The normalized spacial score (nSPS) is 18.5. The summed E-state index contributed by atoms with van der Waals surface area (Å²) in [6, 6.07) is 15.5. The van der Waals surface area contributed by atoms with Gasteiger partial charge in [0.05, 0.1) is 0 Å². The molecule has 2 aromatic carbocycles. The summed E-state index contributed by atoms with van der Waals surface area (Å²) in [6.45, 7) is 0. The van der Waals surface area contributed by atoms with Crippen LogP contribution in [-0.4, -0.2) is 11.5 Å². The molecule has 0 nitrogen and oxygen atoms in total. The molecule has 2 heteroatoms. The second-order valence-electron chi connectivity index (χ2n) is 6.37. The van der Waals surface area contributed by atoms with Crippen molar-refractivity contribution in [3.8, 4) is 0 Å². The largest absolute Gasteiger partial charge is 0.179 e. The van der Waals surface area contributed by atoms with E-state index in [0.29, 0.717) is 5.41 Å². The Morgan fingerprint density at radius 2 is 1.62 bits per heavy atom. The molecule has 1 aliphatic rings. The minimum atomic E-state index is 0.454. The molecule has 0 N–H and O–H groups in total. The molecule has 0 saturated heterocycles. The van der Waals surface area contributed by atoms with Crippen molar-refractivity contribution < 1.29 is 0 Å². The lowest BCUT2D eigenvalue weighted by molar-refractivity contribution is 0.332. The number of hydrogen-bond donors (Lipinski definition) is 1. The molecule has 0 bridgehead atoms. The molecule has 1 aliphatic carbocycles. The van der Waals surface area contributed by atoms with E-state index in [1.165, 1.54) is 59.9 Å². The summed E-state index contributed by atoms with van der Waals surface area (Å²) >= 11 is 6.71. The predicted octanol–water partition coefficient (Wildman–Crippen LogP) is 6.20. The zero-order valence-electron chi connectivity index (χ0n) is 12.6. The number of rotatable bonds is 4. The Hall–Kier alpha value is -0.600. The van der Waals surface area contributed by atoms with E-state index < -0.39 is 0 Å². The highest BCUT2D eigenvalue weighted by Crippen LogP contribution is 2.40. The van der Waals surface area contributed by atoms with Gasteiger partial charge in [0.1, 0.15) is 0 Å². The highest BCUT2D eigenvalue weighted by molar-refractivity contribution is 7.99. The van der Waals surface area contributed by atoms with Gasteiger partial charge in [-0.05, 0) is 46.9 Å². The molecule has 0 radical (unpaired) electrons. The molecule has 1 fully saturated rings. The summed E-state index contributed by atoms with van der Waals surface area (Å²) < 4.78 is 0. The first-order valence-electron chi connectivity index (χ1n) is 8.04. The third kappa shape index (κ3) is 3.78. The number of hydrogen-bond acceptors (Lipinski definition) is 2. The summed E-state index contributed by atoms with van der Waals surface area (Å²) in [5, 5.41) is 2.68. The van der Waals surface area contributed by atoms with Crippen LogP contribution in [0.3, 0.4) is 0 Å². The molecule has 21 heavy (non-hydrogen) atoms. The molecular formula is C19H24S2. The first kappa shape index (κ1) is 15.3. The summed E-state index contributed by atoms with van der Waals surface area (Å²) in [7, 11) is 0. The molecule has 1 saturated carbocycles. The summed E-state index contributed by atoms with van der Waals surface area (Å²) in [5.74, 6) is 2.25. The van der Waals surface area contributed by atoms with Crippen LogP contribution in [0.2, 0.25) is 0 Å². The van der Waals surface area contributed by atoms with Gasteiger partial charge in [-0.1, -0.05) is 56.0 Å². The fourth-order valence-electron chi connectivity index (χ4n) is 3.32. The van der Waals surface area contributed by atoms with Crippen LogP contribution >= 0.6 is 24.4 Å². The van der Waals surface area contributed by atoms with E-state index in [1.54, 1.807) is 0 Å². The van der Waals surface area contributed by atoms with Crippen molar-refractivity contribution in [3.63, 3.8) is 0 Å². The molecule has 0 heterocycles. The SMILES string of the molecule is SCC1(CSc2ccc3ccccc3c2)CCCCCC1. The van der Waals surface area contributed by atoms with Crippen molar-refractivity contribution in [2.45, 2.75) is 43.4 Å². The van der Waals surface area contributed by atoms with Crippen LogP contribution in [0.15, 0.2) is 47.4 Å². The van der Waals surface area contributed by atoms with Crippen molar-refractivity contribution in [2.75, 3.05) is 11.5 Å². The van der Waals surface area contributed by atoms with E-state index in [2.05, 4.69) is 55.1 Å². The molecule has 112 valence electrons. The number of thiol groups is 1. The van der Waals surface area contributed by atoms with Gasteiger partial charge in [-0.25, -0.2) is 0 Å². The van der Waals surface area contributed by atoms with E-state index >= 15 is 0 Å². The monoisotopic (exact) mass is 316 g/mol. The number of thioether (sulfide) groups is 1. The lowest BCUT2D eigenvalue weighted by atomic mass is 9.84. The van der Waals surface area contributed by atoms with Crippen molar-refractivity contribution in [1.29, 1.82) is 0 Å². The van der Waals surface area contributed by atoms with Crippen molar-refractivity contribution in [3.05, 3.63) is 42.5 Å². The Morgan fingerprint density at radius 3 is 2.33 bits per heavy atom. The summed E-state index contributed by atoms with van der Waals surface area (Å²) in [5.41, 5.74) is 0.454. The van der Waals surface area contributed by atoms with E-state index in [9.17, 15) is 0 Å². The smallest absolute Gasteiger partial charge is 0.00785 e. The maximum atomic E-state index is 4.69. The molecule has 0 aliphatic heterocycles. The van der Waals surface area contributed by atoms with Crippen LogP contribution in [0.1, 0.15) is 38.5 Å². The molecule has 0 amide bonds. The Labute approximate surface area is 138 Å². The molecule has 0 aromatic heterocycles. The zero-order chi connectivity index (χ0) is 14.5. The Balaban J connectivity index is 1.72. The van der Waals surface area contributed by atoms with Crippen LogP contribution in [0.25, 0.3) is 10.8 Å². The lowest BCUT2D eigenvalue weighted by Crippen LogP contribution is -2.25. The van der Waals surface area contributed by atoms with Crippen LogP contribution in [0.5, 0.6) is 0 Å². The second-order valence-corrected chi connectivity index (χ2v) is 7.73. The van der Waals surface area contributed by atoms with Crippen molar-refractivity contribution in [1.82, 2.24) is 0 Å². The third-order valence-electron chi connectivity index (χ3n) is 4.77. The minimum Gasteiger partial charge on any atom is -0.179 e. The maximum absolute atomic E-state index is 4.69. The number of benzene rings is 2. The Bertz CT molecular complexity index is 583. The van der Waals surface area contributed by atoms with Gasteiger partial charge in [0.2, 0.25) is 0 Å². The lowest BCUT2D eigenvalue weighted by Gasteiger charge is -2.30. The fourth-order valence-corrected chi connectivity index (χ4v) is 5.14. The molecule has 0 unspecified atom stereocenters. The third-order valence-corrected chi connectivity index (χ3v) is 6.78. The maximum Gasteiger partial charge on any atom is 0.00785 e. The fraction of sp³-hybridized carbons (Fsp3) is 0.474. The van der Waals surface area contributed by atoms with Gasteiger partial charge in [0, 0.05) is 10.6 Å². The van der Waals surface area contributed by atoms with Crippen LogP contribution < -0.4 is 0 Å². The van der Waals surface area contributed by atoms with Crippen molar-refractivity contribution in [2.24, 2.45) is 5.41 Å². The van der Waals surface area contributed by atoms with Crippen LogP contribution in [0.4, 0.5) is 0 Å². The van der Waals surface area contributed by atoms with Gasteiger partial charge in [-0.2, -0.15) is 12.6 Å². The van der Waals surface area contributed by atoms with Gasteiger partial charge in [-0.3, -0.25) is 0 Å². The standard InChI is InChI=1S/C19H24S2/c20-14-19(11-5-1-2-6-12-19)15-21-18-10-9-16-7-3-4-8-17(16)13-18/h3-4,7-10,13,20H,1-2,5-6,11-12,14-15H2. The second kappa shape index (κ2) is 7.11. The average molecular weight is 317 g/mol. The van der Waals surface area contributed by atoms with E-state index in [4.69, 9.17) is 0 Å². The van der Waals surface area contributed by atoms with Gasteiger partial charge in [0.25, 0.3) is 0 Å². The highest BCUT2D eigenvalue weighted by Gasteiger charge is 2.29. The summed E-state index contributed by atoms with van der Waals surface area (Å²) in [6.07, 6.45) is 8.32. The van der Waals surface area contributed by atoms with Gasteiger partial charge < -0.3 is 0 Å². The number of fused-ring (bicyclic) bond motifs is 1. The first-order valence-corrected chi connectivity index (χ1v) is 9.66. The van der Waals surface area contributed by atoms with Crippen LogP contribution in [-0.2, 0) is 0 Å². The van der Waals surface area contributed by atoms with Gasteiger partial charge in [-0.15, -0.1) is 11.8 Å². The minimum absolute atomic E-state index is 0.454. The predicted molar refractivity (Wildman–Crippen MR) is 98.7 cm³/mol. The molecule has 2 aromatic rings. The highest BCUT2D eigenvalue weighted by atomic mass is 32.2. The summed E-state index contributed by atoms with van der Waals surface area (Å²) in [4.78, 5) is 1.40. The topological polar surface area (TPSA) is 0 Å². The van der Waals surface area contributed by atoms with Crippen molar-refractivity contribution >= 4 is 35.2 Å². The Kier molecular flexibility index (Phi) is 5.18. The van der Waals surface area contributed by atoms with Crippen LogP contribution in [0, 0.1) is 5.41 Å². The average Bonchev–Trinajstić information content (AvgIpc) is 2.79. The zero-order valence-corrected chi connectivity index (χ0v) is 14.3. The quantitative estimate of drug-likeness (QED) is 0.398. The van der Waals surface area contributed by atoms with E-state index in [-0.39, 0.29) is 0 Å². The van der Waals surface area contributed by atoms with E-state index in [0.717, 1.165) is 5.75 Å². The van der Waals surface area contributed by atoms with Gasteiger partial charge >= 0.3 is 0 Å². The molecule has 0 atom stereocenters. The molecule has 3 rings (SSSR count). The molecule has 0 spiro atoms. The van der Waals surface area contributed by atoms with E-state index in [1.807, 2.05) is 11.8 Å². The molecular weight excluding hydrogens is 292 g/mol. The first-order chi connectivity index (χ1) is 10.3. The van der Waals surface area contributed by atoms with Gasteiger partial charge in [0.15, 0.2) is 0 Å². The Morgan fingerprint density at radius 1 is 0.905 bits per heavy atom.